The molecule has 2 rings (SSSR count). The van der Waals surface area contributed by atoms with Gasteiger partial charge in [0.05, 0.1) is 13.2 Å². The summed E-state index contributed by atoms with van der Waals surface area (Å²) in [5.41, 5.74) is 0. The van der Waals surface area contributed by atoms with E-state index in [-0.39, 0.29) is 6.61 Å². The maximum atomic E-state index is 9.78. The molecule has 0 aromatic carbocycles. The second-order valence-electron chi connectivity index (χ2n) is 5.08. The van der Waals surface area contributed by atoms with Gasteiger partial charge in [0, 0.05) is 0 Å². The first-order valence-electron chi connectivity index (χ1n) is 6.48. The van der Waals surface area contributed by atoms with Gasteiger partial charge >= 0.3 is 0 Å². The third-order valence-electron chi connectivity index (χ3n) is 3.56. The van der Waals surface area contributed by atoms with E-state index in [1.54, 1.807) is 0 Å². The van der Waals surface area contributed by atoms with Crippen LogP contribution in [0.4, 0.5) is 0 Å². The van der Waals surface area contributed by atoms with Gasteiger partial charge in [-0.25, -0.2) is 0 Å². The average Bonchev–Trinajstić information content (AvgIpc) is 2.75. The molecule has 2 saturated heterocycles. The second kappa shape index (κ2) is 6.79. The summed E-state index contributed by atoms with van der Waals surface area (Å²) in [6.07, 6.45) is -13.1. The van der Waals surface area contributed by atoms with Gasteiger partial charge in [0.1, 0.15) is 42.7 Å². The summed E-state index contributed by atoms with van der Waals surface area (Å²) in [5, 5.41) is 66.5. The van der Waals surface area contributed by atoms with E-state index in [0.29, 0.717) is 0 Å². The highest BCUT2D eigenvalue weighted by atomic mass is 16.7. The van der Waals surface area contributed by atoms with Crippen molar-refractivity contribution in [3.05, 3.63) is 0 Å². The highest BCUT2D eigenvalue weighted by Gasteiger charge is 2.49. The van der Waals surface area contributed by atoms with Gasteiger partial charge in [-0.1, -0.05) is 0 Å². The first kappa shape index (κ1) is 17.0. The molecule has 0 aliphatic carbocycles. The molecule has 10 nitrogen and oxygen atoms in total. The Morgan fingerprint density at radius 1 is 1.05 bits per heavy atom. The van der Waals surface area contributed by atoms with Crippen LogP contribution in [0.5, 0.6) is 0 Å². The molecule has 21 heavy (non-hydrogen) atoms. The summed E-state index contributed by atoms with van der Waals surface area (Å²) in [4.78, 5) is 0. The molecule has 2 aliphatic heterocycles. The van der Waals surface area contributed by atoms with E-state index >= 15 is 0 Å². The summed E-state index contributed by atoms with van der Waals surface area (Å²) >= 11 is 0. The first-order valence-corrected chi connectivity index (χ1v) is 6.48. The van der Waals surface area contributed by atoms with E-state index < -0.39 is 61.9 Å². The first-order chi connectivity index (χ1) is 9.86. The molecule has 0 amide bonds. The maximum absolute atomic E-state index is 9.78. The minimum Gasteiger partial charge on any atom is -0.394 e. The Morgan fingerprint density at radius 3 is 2.33 bits per heavy atom. The number of aliphatic hydroxyl groups is 7. The fourth-order valence-corrected chi connectivity index (χ4v) is 2.29. The predicted molar refractivity (Wildman–Crippen MR) is 62.6 cm³/mol. The third-order valence-corrected chi connectivity index (χ3v) is 3.56. The zero-order valence-corrected chi connectivity index (χ0v) is 11.0. The highest BCUT2D eigenvalue weighted by molar-refractivity contribution is 4.92. The van der Waals surface area contributed by atoms with E-state index in [4.69, 9.17) is 19.3 Å². The van der Waals surface area contributed by atoms with Crippen LogP contribution in [0.25, 0.3) is 0 Å². The lowest BCUT2D eigenvalue weighted by molar-refractivity contribution is -0.308. The van der Waals surface area contributed by atoms with Gasteiger partial charge in [-0.05, 0) is 0 Å². The van der Waals surface area contributed by atoms with Gasteiger partial charge in [-0.15, -0.1) is 0 Å². The second-order valence-corrected chi connectivity index (χ2v) is 5.08. The molecule has 0 aromatic rings. The molecule has 0 spiro atoms. The standard InChI is InChI=1S/C11H20O10/c12-1-3(13)8-6(16)7(17)11(20-8)21-9-5(15)4(14)2-19-10(9)18/h3-18H,1-2H2/t3-,4-,5+,6-,7-,8+,9-,10+,11+/m1/s1. The van der Waals surface area contributed by atoms with E-state index in [2.05, 4.69) is 0 Å². The normalized spacial score (nSPS) is 49.3. The van der Waals surface area contributed by atoms with Gasteiger partial charge in [0.25, 0.3) is 0 Å². The minimum atomic E-state index is -1.57. The Morgan fingerprint density at radius 2 is 1.71 bits per heavy atom. The van der Waals surface area contributed by atoms with Crippen molar-refractivity contribution in [2.24, 2.45) is 0 Å². The van der Waals surface area contributed by atoms with Crippen molar-refractivity contribution in [1.29, 1.82) is 0 Å². The zero-order valence-electron chi connectivity index (χ0n) is 11.0. The molecule has 2 aliphatic rings. The van der Waals surface area contributed by atoms with Gasteiger partial charge in [-0.2, -0.15) is 0 Å². The van der Waals surface area contributed by atoms with Crippen molar-refractivity contribution in [1.82, 2.24) is 0 Å². The SMILES string of the molecule is OC[C@@H](O)[C@@H]1O[C@@H](O[C@@H]2[C@@H](O)[C@H](O)CO[C@@H]2O)[C@H](O)[C@H]1O. The van der Waals surface area contributed by atoms with Crippen LogP contribution in [0, 0.1) is 0 Å². The molecule has 0 radical (unpaired) electrons. The summed E-state index contributed by atoms with van der Waals surface area (Å²) in [7, 11) is 0. The van der Waals surface area contributed by atoms with Crippen LogP contribution in [-0.4, -0.2) is 104 Å². The molecule has 0 aromatic heterocycles. The minimum absolute atomic E-state index is 0.287. The van der Waals surface area contributed by atoms with Gasteiger partial charge < -0.3 is 50.0 Å². The number of hydrogen-bond acceptors (Lipinski definition) is 10. The molecule has 124 valence electrons. The molecule has 0 saturated carbocycles. The number of aliphatic hydroxyl groups excluding tert-OH is 7. The van der Waals surface area contributed by atoms with Crippen LogP contribution < -0.4 is 0 Å². The van der Waals surface area contributed by atoms with Crippen LogP contribution in [0.3, 0.4) is 0 Å². The van der Waals surface area contributed by atoms with Crippen molar-refractivity contribution in [2.75, 3.05) is 13.2 Å². The van der Waals surface area contributed by atoms with Crippen LogP contribution in [0.1, 0.15) is 0 Å². The Kier molecular flexibility index (Phi) is 5.48. The highest BCUT2D eigenvalue weighted by Crippen LogP contribution is 2.28. The van der Waals surface area contributed by atoms with Gasteiger partial charge in [0.2, 0.25) is 0 Å². The van der Waals surface area contributed by atoms with Crippen LogP contribution in [0.15, 0.2) is 0 Å². The molecule has 2 fully saturated rings. The number of ether oxygens (including phenoxy) is 3. The van der Waals surface area contributed by atoms with E-state index in [1.807, 2.05) is 0 Å². The molecule has 10 heteroatoms. The van der Waals surface area contributed by atoms with Crippen molar-refractivity contribution >= 4 is 0 Å². The average molecular weight is 312 g/mol. The molecule has 9 atom stereocenters. The smallest absolute Gasteiger partial charge is 0.187 e. The topological polar surface area (TPSA) is 169 Å². The molecule has 0 unspecified atom stereocenters. The monoisotopic (exact) mass is 312 g/mol. The van der Waals surface area contributed by atoms with E-state index in [9.17, 15) is 30.6 Å². The lowest BCUT2D eigenvalue weighted by atomic mass is 10.0. The molecule has 7 N–H and O–H groups in total. The summed E-state index contributed by atoms with van der Waals surface area (Å²) in [6.45, 7) is -0.984. The molecular formula is C11H20O10. The Bertz CT molecular complexity index is 341. The van der Waals surface area contributed by atoms with Crippen LogP contribution in [-0.2, 0) is 14.2 Å². The lowest BCUT2D eigenvalue weighted by Crippen LogP contribution is -2.56. The Hall–Kier alpha value is -0.400. The predicted octanol–water partition coefficient (Wildman–Crippen LogP) is -4.76. The third kappa shape index (κ3) is 3.35. The number of rotatable bonds is 4. The van der Waals surface area contributed by atoms with E-state index in [0.717, 1.165) is 0 Å². The largest absolute Gasteiger partial charge is 0.394 e. The van der Waals surface area contributed by atoms with Crippen molar-refractivity contribution < 1.29 is 50.0 Å². The zero-order chi connectivity index (χ0) is 15.7. The van der Waals surface area contributed by atoms with Gasteiger partial charge in [0.15, 0.2) is 12.6 Å². The van der Waals surface area contributed by atoms with Gasteiger partial charge in [-0.3, -0.25) is 0 Å². The quantitative estimate of drug-likeness (QED) is 0.267. The Balaban J connectivity index is 2.02. The van der Waals surface area contributed by atoms with Crippen LogP contribution >= 0.6 is 0 Å². The summed E-state index contributed by atoms with van der Waals surface area (Å²) in [6, 6.07) is 0. The Labute approximate surface area is 119 Å². The van der Waals surface area contributed by atoms with Crippen molar-refractivity contribution in [3.63, 3.8) is 0 Å². The van der Waals surface area contributed by atoms with Crippen LogP contribution in [0.2, 0.25) is 0 Å². The maximum Gasteiger partial charge on any atom is 0.187 e. The molecule has 0 bridgehead atoms. The fourth-order valence-electron chi connectivity index (χ4n) is 2.29. The fraction of sp³-hybridized carbons (Fsp3) is 1.00. The van der Waals surface area contributed by atoms with E-state index in [1.165, 1.54) is 0 Å². The van der Waals surface area contributed by atoms with Crippen molar-refractivity contribution in [2.45, 2.75) is 55.3 Å². The molecule has 2 heterocycles. The number of hydrogen-bond donors (Lipinski definition) is 7. The van der Waals surface area contributed by atoms with Crippen molar-refractivity contribution in [3.8, 4) is 0 Å². The lowest BCUT2D eigenvalue weighted by Gasteiger charge is -2.36. The molecular weight excluding hydrogens is 292 g/mol. The summed E-state index contributed by atoms with van der Waals surface area (Å²) < 4.78 is 15.0. The summed E-state index contributed by atoms with van der Waals surface area (Å²) in [5.74, 6) is 0.